The Morgan fingerprint density at radius 3 is 2.44 bits per heavy atom. The third kappa shape index (κ3) is 1.87. The monoisotopic (exact) mass is 214 g/mol. The van der Waals surface area contributed by atoms with Gasteiger partial charge in [0.05, 0.1) is 6.33 Å². The molecule has 2 nitrogen and oxygen atoms in total. The van der Waals surface area contributed by atoms with Crippen molar-refractivity contribution in [2.24, 2.45) is 0 Å². The van der Waals surface area contributed by atoms with Crippen LogP contribution in [-0.2, 0) is 0 Å². The smallest absolute Gasteiger partial charge is 0.0921 e. The Kier molecular flexibility index (Phi) is 3.09. The first-order valence-electron chi connectivity index (χ1n) is 5.78. The fourth-order valence-electron chi connectivity index (χ4n) is 2.41. The number of H-pyrrole nitrogens is 1. The van der Waals surface area contributed by atoms with E-state index in [-0.39, 0.29) is 0 Å². The van der Waals surface area contributed by atoms with Gasteiger partial charge in [-0.3, -0.25) is 0 Å². The summed E-state index contributed by atoms with van der Waals surface area (Å²) in [5.41, 5.74) is 5.37. The van der Waals surface area contributed by atoms with Gasteiger partial charge in [-0.15, -0.1) is 0 Å². The molecule has 0 aliphatic heterocycles. The molecule has 2 heteroatoms. The predicted octanol–water partition coefficient (Wildman–Crippen LogP) is 3.57. The topological polar surface area (TPSA) is 28.7 Å². The van der Waals surface area contributed by atoms with Crippen LogP contribution in [0.5, 0.6) is 0 Å². The molecule has 0 amide bonds. The van der Waals surface area contributed by atoms with E-state index in [1.165, 1.54) is 22.4 Å². The van der Waals surface area contributed by atoms with Gasteiger partial charge in [-0.1, -0.05) is 25.1 Å². The van der Waals surface area contributed by atoms with Crippen LogP contribution in [0, 0.1) is 13.8 Å². The summed E-state index contributed by atoms with van der Waals surface area (Å²) < 4.78 is 0. The molecule has 1 aromatic heterocycles. The average molecular weight is 214 g/mol. The molecule has 0 bridgehead atoms. The minimum absolute atomic E-state index is 0.434. The van der Waals surface area contributed by atoms with Gasteiger partial charge < -0.3 is 4.98 Å². The standard InChI is InChI=1S/C14H18N2/c1-4-12(13-8-15-9-16-13)14-10(2)6-5-7-11(14)3/h5-9,12H,4H2,1-3H3,(H,15,16). The lowest BCUT2D eigenvalue weighted by molar-refractivity contribution is 0.744. The van der Waals surface area contributed by atoms with E-state index in [1.54, 1.807) is 6.33 Å². The number of aryl methyl sites for hydroxylation is 2. The fraction of sp³-hybridized carbons (Fsp3) is 0.357. The molecule has 1 heterocycles. The molecule has 0 saturated carbocycles. The van der Waals surface area contributed by atoms with Gasteiger partial charge in [0.15, 0.2) is 0 Å². The van der Waals surface area contributed by atoms with Crippen molar-refractivity contribution in [1.82, 2.24) is 9.97 Å². The summed E-state index contributed by atoms with van der Waals surface area (Å²) in [6.07, 6.45) is 4.78. The molecule has 0 aliphatic rings. The van der Waals surface area contributed by atoms with Gasteiger partial charge in [0.1, 0.15) is 0 Å². The number of aromatic nitrogens is 2. The third-order valence-electron chi connectivity index (χ3n) is 3.19. The molecule has 0 radical (unpaired) electrons. The van der Waals surface area contributed by atoms with Crippen LogP contribution in [0.15, 0.2) is 30.7 Å². The van der Waals surface area contributed by atoms with E-state index in [2.05, 4.69) is 48.9 Å². The minimum Gasteiger partial charge on any atom is -0.348 e. The summed E-state index contributed by atoms with van der Waals surface area (Å²) in [7, 11) is 0. The van der Waals surface area contributed by atoms with Crippen molar-refractivity contribution in [3.63, 3.8) is 0 Å². The Bertz CT molecular complexity index is 437. The van der Waals surface area contributed by atoms with Crippen LogP contribution in [0.2, 0.25) is 0 Å². The second kappa shape index (κ2) is 4.52. The van der Waals surface area contributed by atoms with Crippen molar-refractivity contribution in [2.45, 2.75) is 33.1 Å². The van der Waals surface area contributed by atoms with Crippen molar-refractivity contribution in [2.75, 3.05) is 0 Å². The van der Waals surface area contributed by atoms with Gasteiger partial charge in [0.25, 0.3) is 0 Å². The van der Waals surface area contributed by atoms with Crippen LogP contribution in [-0.4, -0.2) is 9.97 Å². The van der Waals surface area contributed by atoms with E-state index in [9.17, 15) is 0 Å². The summed E-state index contributed by atoms with van der Waals surface area (Å²) in [4.78, 5) is 7.35. The molecule has 1 N–H and O–H groups in total. The van der Waals surface area contributed by atoms with Crippen LogP contribution in [0.3, 0.4) is 0 Å². The number of nitrogens with one attached hydrogen (secondary N) is 1. The molecule has 0 aliphatic carbocycles. The number of benzene rings is 1. The predicted molar refractivity (Wildman–Crippen MR) is 66.6 cm³/mol. The zero-order valence-electron chi connectivity index (χ0n) is 10.1. The normalized spacial score (nSPS) is 12.7. The molecule has 1 atom stereocenters. The summed E-state index contributed by atoms with van der Waals surface area (Å²) >= 11 is 0. The molecule has 2 aromatic rings. The molecule has 1 aromatic carbocycles. The first kappa shape index (κ1) is 10.9. The maximum Gasteiger partial charge on any atom is 0.0921 e. The van der Waals surface area contributed by atoms with E-state index in [0.717, 1.165) is 6.42 Å². The molecule has 16 heavy (non-hydrogen) atoms. The van der Waals surface area contributed by atoms with Crippen LogP contribution < -0.4 is 0 Å². The van der Waals surface area contributed by atoms with Crippen molar-refractivity contribution in [1.29, 1.82) is 0 Å². The van der Waals surface area contributed by atoms with Gasteiger partial charge in [-0.25, -0.2) is 4.98 Å². The van der Waals surface area contributed by atoms with E-state index < -0.39 is 0 Å². The van der Waals surface area contributed by atoms with Gasteiger partial charge >= 0.3 is 0 Å². The molecule has 0 saturated heterocycles. The minimum atomic E-state index is 0.434. The Balaban J connectivity index is 2.49. The number of hydrogen-bond acceptors (Lipinski definition) is 1. The van der Waals surface area contributed by atoms with Crippen LogP contribution in [0.4, 0.5) is 0 Å². The maximum atomic E-state index is 4.12. The second-order valence-corrected chi connectivity index (χ2v) is 4.27. The highest BCUT2D eigenvalue weighted by Gasteiger charge is 2.17. The summed E-state index contributed by atoms with van der Waals surface area (Å²) in [6.45, 7) is 6.58. The highest BCUT2D eigenvalue weighted by molar-refractivity contribution is 5.40. The lowest BCUT2D eigenvalue weighted by Gasteiger charge is -2.18. The maximum absolute atomic E-state index is 4.12. The largest absolute Gasteiger partial charge is 0.348 e. The van der Waals surface area contributed by atoms with Crippen molar-refractivity contribution >= 4 is 0 Å². The number of aromatic amines is 1. The van der Waals surface area contributed by atoms with Crippen LogP contribution in [0.1, 0.15) is 41.6 Å². The number of nitrogens with zero attached hydrogens (tertiary/aromatic N) is 1. The van der Waals surface area contributed by atoms with Crippen LogP contribution in [0.25, 0.3) is 0 Å². The molecular weight excluding hydrogens is 196 g/mol. The Labute approximate surface area is 96.7 Å². The number of hydrogen-bond donors (Lipinski definition) is 1. The molecule has 1 unspecified atom stereocenters. The third-order valence-corrected chi connectivity index (χ3v) is 3.19. The second-order valence-electron chi connectivity index (χ2n) is 4.27. The van der Waals surface area contributed by atoms with E-state index >= 15 is 0 Å². The van der Waals surface area contributed by atoms with Gasteiger partial charge in [-0.05, 0) is 37.0 Å². The summed E-state index contributed by atoms with van der Waals surface area (Å²) in [6, 6.07) is 6.48. The average Bonchev–Trinajstić information content (AvgIpc) is 2.77. The van der Waals surface area contributed by atoms with Crippen molar-refractivity contribution in [3.05, 3.63) is 53.1 Å². The molecule has 2 rings (SSSR count). The van der Waals surface area contributed by atoms with Gasteiger partial charge in [-0.2, -0.15) is 0 Å². The molecule has 0 spiro atoms. The van der Waals surface area contributed by atoms with E-state index in [4.69, 9.17) is 0 Å². The Morgan fingerprint density at radius 1 is 1.25 bits per heavy atom. The van der Waals surface area contributed by atoms with E-state index in [0.29, 0.717) is 5.92 Å². The lowest BCUT2D eigenvalue weighted by atomic mass is 9.87. The SMILES string of the molecule is CCC(c1cnc[nH]1)c1c(C)cccc1C. The number of imidazole rings is 1. The molecular formula is C14H18N2. The summed E-state index contributed by atoms with van der Waals surface area (Å²) in [5.74, 6) is 0.434. The van der Waals surface area contributed by atoms with Gasteiger partial charge in [0, 0.05) is 17.8 Å². The van der Waals surface area contributed by atoms with Crippen molar-refractivity contribution in [3.8, 4) is 0 Å². The molecule has 0 fully saturated rings. The highest BCUT2D eigenvalue weighted by Crippen LogP contribution is 2.30. The fourth-order valence-corrected chi connectivity index (χ4v) is 2.41. The Morgan fingerprint density at radius 2 is 1.94 bits per heavy atom. The first-order valence-corrected chi connectivity index (χ1v) is 5.78. The number of rotatable bonds is 3. The first-order chi connectivity index (χ1) is 7.74. The Hall–Kier alpha value is -1.57. The zero-order valence-corrected chi connectivity index (χ0v) is 10.1. The van der Waals surface area contributed by atoms with Gasteiger partial charge in [0.2, 0.25) is 0 Å². The summed E-state index contributed by atoms with van der Waals surface area (Å²) in [5, 5.41) is 0. The van der Waals surface area contributed by atoms with E-state index in [1.807, 2.05) is 6.20 Å². The highest BCUT2D eigenvalue weighted by atomic mass is 14.9. The van der Waals surface area contributed by atoms with Crippen LogP contribution >= 0.6 is 0 Å². The lowest BCUT2D eigenvalue weighted by Crippen LogP contribution is -2.04. The quantitative estimate of drug-likeness (QED) is 0.831. The zero-order chi connectivity index (χ0) is 11.5. The van der Waals surface area contributed by atoms with Crippen molar-refractivity contribution < 1.29 is 0 Å². The molecule has 84 valence electrons.